The minimum atomic E-state index is 0.461. The first-order chi connectivity index (χ1) is 10.3. The van der Waals surface area contributed by atoms with Crippen molar-refractivity contribution in [3.8, 4) is 0 Å². The Morgan fingerprint density at radius 2 is 1.95 bits per heavy atom. The number of aliphatic imine (C=N–C) groups is 1. The molecule has 1 saturated carbocycles. The summed E-state index contributed by atoms with van der Waals surface area (Å²) in [4.78, 5) is 5.18. The lowest BCUT2D eigenvalue weighted by atomic mass is 9.95. The van der Waals surface area contributed by atoms with Gasteiger partial charge in [0.25, 0.3) is 0 Å². The van der Waals surface area contributed by atoms with Gasteiger partial charge in [0.1, 0.15) is 0 Å². The van der Waals surface area contributed by atoms with Crippen LogP contribution >= 0.6 is 0 Å². The zero-order valence-corrected chi connectivity index (χ0v) is 12.6. The molecule has 21 heavy (non-hydrogen) atoms. The lowest BCUT2D eigenvalue weighted by Crippen LogP contribution is -2.30. The lowest BCUT2D eigenvalue weighted by molar-refractivity contribution is 0.383. The number of hydrogen-bond acceptors (Lipinski definition) is 1. The molecule has 0 N–H and O–H groups in total. The third kappa shape index (κ3) is 2.33. The van der Waals surface area contributed by atoms with Crippen molar-refractivity contribution in [2.75, 3.05) is 0 Å². The summed E-state index contributed by atoms with van der Waals surface area (Å²) >= 11 is 0. The van der Waals surface area contributed by atoms with E-state index in [0.717, 1.165) is 12.5 Å². The Morgan fingerprint density at radius 1 is 1.10 bits per heavy atom. The van der Waals surface area contributed by atoms with Crippen molar-refractivity contribution in [3.63, 3.8) is 0 Å². The summed E-state index contributed by atoms with van der Waals surface area (Å²) in [5.41, 5.74) is 5.02. The van der Waals surface area contributed by atoms with Gasteiger partial charge < -0.3 is 4.57 Å². The van der Waals surface area contributed by atoms with Crippen LogP contribution in [0.3, 0.4) is 0 Å². The highest BCUT2D eigenvalue weighted by atomic mass is 15.1. The molecule has 108 valence electrons. The molecule has 1 fully saturated rings. The molecule has 2 aliphatic rings. The zero-order valence-electron chi connectivity index (χ0n) is 12.6. The topological polar surface area (TPSA) is 17.3 Å². The van der Waals surface area contributed by atoms with Crippen LogP contribution in [0.15, 0.2) is 47.6 Å². The lowest BCUT2D eigenvalue weighted by Gasteiger charge is -2.27. The fourth-order valence-corrected chi connectivity index (χ4v) is 3.87. The molecule has 0 spiro atoms. The van der Waals surface area contributed by atoms with E-state index in [0.29, 0.717) is 6.04 Å². The first-order valence-corrected chi connectivity index (χ1v) is 8.11. The number of nitrogens with zero attached hydrogens (tertiary/aromatic N) is 2. The van der Waals surface area contributed by atoms with Crippen molar-refractivity contribution in [1.82, 2.24) is 4.57 Å². The van der Waals surface area contributed by atoms with Crippen LogP contribution in [0, 0.1) is 12.8 Å². The minimum absolute atomic E-state index is 0.461. The Bertz CT molecular complexity index is 674. The van der Waals surface area contributed by atoms with Crippen LogP contribution in [0.1, 0.15) is 42.5 Å². The smallest absolute Gasteiger partial charge is 0.0887 e. The molecule has 0 amide bonds. The van der Waals surface area contributed by atoms with Crippen molar-refractivity contribution < 1.29 is 0 Å². The fourth-order valence-electron chi connectivity index (χ4n) is 3.87. The van der Waals surface area contributed by atoms with Crippen molar-refractivity contribution in [3.05, 3.63) is 59.4 Å². The molecule has 0 bridgehead atoms. The monoisotopic (exact) mass is 278 g/mol. The van der Waals surface area contributed by atoms with Gasteiger partial charge in [-0.25, -0.2) is 0 Å². The standard InChI is InChI=1S/C19H22N2/c1-14-6-4-9-16(12-14)19-18-10-5-11-21(18)13-17(20-19)15-7-2-3-8-15/h4-6,9-12,15,17H,2-3,7-8,13H2,1H3. The predicted octanol–water partition coefficient (Wildman–Crippen LogP) is 4.21. The molecule has 0 radical (unpaired) electrons. The van der Waals surface area contributed by atoms with Gasteiger partial charge in [-0.2, -0.15) is 0 Å². The SMILES string of the molecule is Cc1cccc(C2=NC(C3CCCC3)Cn3cccc32)c1. The van der Waals surface area contributed by atoms with Crippen LogP contribution in [0.25, 0.3) is 0 Å². The van der Waals surface area contributed by atoms with Gasteiger partial charge in [-0.3, -0.25) is 4.99 Å². The average Bonchev–Trinajstić information content (AvgIpc) is 3.17. The Balaban J connectivity index is 1.77. The average molecular weight is 278 g/mol. The van der Waals surface area contributed by atoms with Crippen molar-refractivity contribution in [1.29, 1.82) is 0 Å². The molecular weight excluding hydrogens is 256 g/mol. The number of fused-ring (bicyclic) bond motifs is 1. The third-order valence-electron chi connectivity index (χ3n) is 4.99. The Labute approximate surface area is 126 Å². The summed E-state index contributed by atoms with van der Waals surface area (Å²) < 4.78 is 2.40. The fraction of sp³-hybridized carbons (Fsp3) is 0.421. The number of benzene rings is 1. The molecule has 1 aliphatic heterocycles. The Kier molecular flexibility index (Phi) is 3.17. The maximum atomic E-state index is 5.18. The van der Waals surface area contributed by atoms with Crippen LogP contribution in [0.2, 0.25) is 0 Å². The van der Waals surface area contributed by atoms with Gasteiger partial charge in [0.2, 0.25) is 0 Å². The second-order valence-corrected chi connectivity index (χ2v) is 6.50. The normalized spacial score (nSPS) is 22.1. The zero-order chi connectivity index (χ0) is 14.2. The van der Waals surface area contributed by atoms with Crippen LogP contribution < -0.4 is 0 Å². The quantitative estimate of drug-likeness (QED) is 0.783. The number of aromatic nitrogens is 1. The summed E-state index contributed by atoms with van der Waals surface area (Å²) in [5.74, 6) is 0.778. The maximum Gasteiger partial charge on any atom is 0.0887 e. The van der Waals surface area contributed by atoms with Gasteiger partial charge in [0.15, 0.2) is 0 Å². The van der Waals surface area contributed by atoms with Crippen LogP contribution in [-0.4, -0.2) is 16.3 Å². The highest BCUT2D eigenvalue weighted by Gasteiger charge is 2.29. The van der Waals surface area contributed by atoms with Gasteiger partial charge in [-0.1, -0.05) is 36.6 Å². The highest BCUT2D eigenvalue weighted by molar-refractivity contribution is 6.12. The van der Waals surface area contributed by atoms with Gasteiger partial charge in [-0.15, -0.1) is 0 Å². The second kappa shape index (κ2) is 5.18. The molecule has 0 saturated heterocycles. The van der Waals surface area contributed by atoms with Crippen molar-refractivity contribution in [2.45, 2.75) is 45.2 Å². The van der Waals surface area contributed by atoms with E-state index < -0.39 is 0 Å². The summed E-state index contributed by atoms with van der Waals surface area (Å²) in [7, 11) is 0. The van der Waals surface area contributed by atoms with E-state index in [-0.39, 0.29) is 0 Å². The van der Waals surface area contributed by atoms with Crippen LogP contribution in [-0.2, 0) is 6.54 Å². The molecule has 4 rings (SSSR count). The molecule has 2 nitrogen and oxygen atoms in total. The Morgan fingerprint density at radius 3 is 2.76 bits per heavy atom. The largest absolute Gasteiger partial charge is 0.344 e. The van der Waals surface area contributed by atoms with E-state index in [1.165, 1.54) is 48.2 Å². The number of aryl methyl sites for hydroxylation is 1. The minimum Gasteiger partial charge on any atom is -0.344 e. The first-order valence-electron chi connectivity index (χ1n) is 8.11. The molecule has 1 aliphatic carbocycles. The van der Waals surface area contributed by atoms with E-state index in [9.17, 15) is 0 Å². The molecule has 1 aromatic heterocycles. The summed E-state index contributed by atoms with van der Waals surface area (Å²) in [5, 5.41) is 0. The van der Waals surface area contributed by atoms with E-state index >= 15 is 0 Å². The van der Waals surface area contributed by atoms with Gasteiger partial charge in [0, 0.05) is 18.3 Å². The van der Waals surface area contributed by atoms with Gasteiger partial charge in [0.05, 0.1) is 17.4 Å². The molecular formula is C19H22N2. The summed E-state index contributed by atoms with van der Waals surface area (Å²) in [6.45, 7) is 3.21. The first kappa shape index (κ1) is 12.9. The molecule has 2 aromatic rings. The van der Waals surface area contributed by atoms with Crippen molar-refractivity contribution >= 4 is 5.71 Å². The molecule has 2 heterocycles. The van der Waals surface area contributed by atoms with Crippen molar-refractivity contribution in [2.24, 2.45) is 10.9 Å². The van der Waals surface area contributed by atoms with Gasteiger partial charge in [-0.05, 0) is 43.9 Å². The second-order valence-electron chi connectivity index (χ2n) is 6.50. The van der Waals surface area contributed by atoms with E-state index in [1.807, 2.05) is 0 Å². The molecule has 1 atom stereocenters. The summed E-state index contributed by atoms with van der Waals surface area (Å²) in [6, 6.07) is 13.6. The highest BCUT2D eigenvalue weighted by Crippen LogP contribution is 2.33. The predicted molar refractivity (Wildman–Crippen MR) is 87.0 cm³/mol. The third-order valence-corrected chi connectivity index (χ3v) is 4.99. The molecule has 2 heteroatoms. The summed E-state index contributed by atoms with van der Waals surface area (Å²) in [6.07, 6.45) is 7.68. The van der Waals surface area contributed by atoms with Crippen LogP contribution in [0.5, 0.6) is 0 Å². The van der Waals surface area contributed by atoms with E-state index in [1.54, 1.807) is 0 Å². The van der Waals surface area contributed by atoms with E-state index in [4.69, 9.17) is 4.99 Å². The van der Waals surface area contributed by atoms with Gasteiger partial charge >= 0.3 is 0 Å². The molecule has 1 aromatic carbocycles. The van der Waals surface area contributed by atoms with Crippen LogP contribution in [0.4, 0.5) is 0 Å². The Hall–Kier alpha value is -1.83. The van der Waals surface area contributed by atoms with E-state index in [2.05, 4.69) is 54.1 Å². The maximum absolute atomic E-state index is 5.18. The number of hydrogen-bond donors (Lipinski definition) is 0. The number of rotatable bonds is 2. The molecule has 1 unspecified atom stereocenters.